The average molecular weight is 236 g/mol. The van der Waals surface area contributed by atoms with Crippen LogP contribution in [0.4, 0.5) is 0 Å². The van der Waals surface area contributed by atoms with Crippen molar-refractivity contribution in [2.75, 3.05) is 0 Å². The molecule has 84 valence electrons. The van der Waals surface area contributed by atoms with E-state index in [4.69, 9.17) is 17.3 Å². The van der Waals surface area contributed by atoms with Crippen molar-refractivity contribution >= 4 is 11.6 Å². The molecule has 2 rings (SSSR count). The fourth-order valence-electron chi connectivity index (χ4n) is 1.54. The van der Waals surface area contributed by atoms with Gasteiger partial charge in [-0.05, 0) is 37.1 Å². The van der Waals surface area contributed by atoms with Crippen molar-refractivity contribution in [1.29, 1.82) is 0 Å². The Morgan fingerprint density at radius 1 is 1.44 bits per heavy atom. The van der Waals surface area contributed by atoms with Gasteiger partial charge in [0.05, 0.1) is 16.9 Å². The highest BCUT2D eigenvalue weighted by Crippen LogP contribution is 2.23. The minimum absolute atomic E-state index is 0.00842. The zero-order chi connectivity index (χ0) is 11.7. The molecule has 0 spiro atoms. The number of benzene rings is 1. The van der Waals surface area contributed by atoms with Gasteiger partial charge in [0, 0.05) is 12.2 Å². The van der Waals surface area contributed by atoms with E-state index < -0.39 is 0 Å². The standard InChI is InChI=1S/C12H14ClN3/c1-8-6-15-16(7-8)12-4-3-10(9(2)14)5-11(12)13/h3-7,9H,14H2,1-2H3/t9-/m1/s1. The van der Waals surface area contributed by atoms with E-state index in [1.807, 2.05) is 38.2 Å². The van der Waals surface area contributed by atoms with E-state index in [1.165, 1.54) is 0 Å². The fraction of sp³-hybridized carbons (Fsp3) is 0.250. The molecule has 4 heteroatoms. The molecular weight excluding hydrogens is 222 g/mol. The molecule has 0 saturated carbocycles. The predicted molar refractivity (Wildman–Crippen MR) is 65.9 cm³/mol. The van der Waals surface area contributed by atoms with Crippen LogP contribution in [0.3, 0.4) is 0 Å². The first-order valence-electron chi connectivity index (χ1n) is 5.14. The van der Waals surface area contributed by atoms with Crippen molar-refractivity contribution in [3.05, 3.63) is 46.7 Å². The third-order valence-corrected chi connectivity index (χ3v) is 2.76. The number of hydrogen-bond donors (Lipinski definition) is 1. The lowest BCUT2D eigenvalue weighted by Crippen LogP contribution is -2.05. The molecule has 2 aromatic rings. The van der Waals surface area contributed by atoms with Gasteiger partial charge in [-0.25, -0.2) is 4.68 Å². The number of hydrogen-bond acceptors (Lipinski definition) is 2. The summed E-state index contributed by atoms with van der Waals surface area (Å²) < 4.78 is 1.77. The van der Waals surface area contributed by atoms with Gasteiger partial charge in [0.15, 0.2) is 0 Å². The third kappa shape index (κ3) is 2.10. The summed E-state index contributed by atoms with van der Waals surface area (Å²) in [6, 6.07) is 5.79. The summed E-state index contributed by atoms with van der Waals surface area (Å²) in [6.07, 6.45) is 3.74. The number of halogens is 1. The van der Waals surface area contributed by atoms with Gasteiger partial charge in [0.25, 0.3) is 0 Å². The van der Waals surface area contributed by atoms with E-state index in [0.717, 1.165) is 16.8 Å². The van der Waals surface area contributed by atoms with Crippen LogP contribution in [0.5, 0.6) is 0 Å². The van der Waals surface area contributed by atoms with Crippen molar-refractivity contribution in [3.63, 3.8) is 0 Å². The molecule has 2 N–H and O–H groups in total. The van der Waals surface area contributed by atoms with Gasteiger partial charge in [0.1, 0.15) is 0 Å². The van der Waals surface area contributed by atoms with Gasteiger partial charge >= 0.3 is 0 Å². The Bertz CT molecular complexity index is 503. The molecular formula is C12H14ClN3. The van der Waals surface area contributed by atoms with E-state index >= 15 is 0 Å². The largest absolute Gasteiger partial charge is 0.324 e. The van der Waals surface area contributed by atoms with Crippen LogP contribution in [-0.4, -0.2) is 9.78 Å². The van der Waals surface area contributed by atoms with Crippen LogP contribution in [0, 0.1) is 6.92 Å². The Kier molecular flexibility index (Phi) is 2.99. The minimum atomic E-state index is -0.00842. The van der Waals surface area contributed by atoms with E-state index in [9.17, 15) is 0 Å². The zero-order valence-electron chi connectivity index (χ0n) is 9.31. The van der Waals surface area contributed by atoms with Gasteiger partial charge in [-0.1, -0.05) is 17.7 Å². The number of aryl methyl sites for hydroxylation is 1. The van der Waals surface area contributed by atoms with Crippen molar-refractivity contribution in [3.8, 4) is 5.69 Å². The van der Waals surface area contributed by atoms with Gasteiger partial charge in [0.2, 0.25) is 0 Å². The van der Waals surface area contributed by atoms with Crippen molar-refractivity contribution in [1.82, 2.24) is 9.78 Å². The van der Waals surface area contributed by atoms with E-state index in [-0.39, 0.29) is 6.04 Å². The molecule has 0 aliphatic carbocycles. The van der Waals surface area contributed by atoms with Gasteiger partial charge in [-0.15, -0.1) is 0 Å². The van der Waals surface area contributed by atoms with E-state index in [0.29, 0.717) is 5.02 Å². The summed E-state index contributed by atoms with van der Waals surface area (Å²) in [5.41, 5.74) is 8.80. The summed E-state index contributed by atoms with van der Waals surface area (Å²) in [6.45, 7) is 3.93. The van der Waals surface area contributed by atoms with Crippen LogP contribution in [0.1, 0.15) is 24.1 Å². The van der Waals surface area contributed by atoms with Crippen LogP contribution in [0.15, 0.2) is 30.6 Å². The number of rotatable bonds is 2. The number of nitrogens with zero attached hydrogens (tertiary/aromatic N) is 2. The number of nitrogens with two attached hydrogens (primary N) is 1. The Labute approximate surface area is 99.8 Å². The molecule has 0 aliphatic rings. The lowest BCUT2D eigenvalue weighted by atomic mass is 10.1. The first kappa shape index (κ1) is 11.2. The molecule has 0 bridgehead atoms. The Balaban J connectivity index is 2.44. The Morgan fingerprint density at radius 2 is 2.19 bits per heavy atom. The highest BCUT2D eigenvalue weighted by atomic mass is 35.5. The van der Waals surface area contributed by atoms with Crippen molar-refractivity contribution < 1.29 is 0 Å². The second-order valence-corrected chi connectivity index (χ2v) is 4.37. The van der Waals surface area contributed by atoms with Crippen LogP contribution in [-0.2, 0) is 0 Å². The molecule has 0 radical (unpaired) electrons. The Morgan fingerprint density at radius 3 is 2.69 bits per heavy atom. The second kappa shape index (κ2) is 4.28. The summed E-state index contributed by atoms with van der Waals surface area (Å²) in [7, 11) is 0. The van der Waals surface area contributed by atoms with Crippen LogP contribution < -0.4 is 5.73 Å². The molecule has 0 amide bonds. The molecule has 0 aliphatic heterocycles. The normalized spacial score (nSPS) is 12.8. The monoisotopic (exact) mass is 235 g/mol. The minimum Gasteiger partial charge on any atom is -0.324 e. The topological polar surface area (TPSA) is 43.8 Å². The third-order valence-electron chi connectivity index (χ3n) is 2.46. The maximum atomic E-state index is 6.20. The lowest BCUT2D eigenvalue weighted by Gasteiger charge is -2.09. The molecule has 16 heavy (non-hydrogen) atoms. The summed E-state index contributed by atoms with van der Waals surface area (Å²) >= 11 is 6.20. The van der Waals surface area contributed by atoms with Crippen molar-refractivity contribution in [2.45, 2.75) is 19.9 Å². The second-order valence-electron chi connectivity index (χ2n) is 3.96. The van der Waals surface area contributed by atoms with Gasteiger partial charge < -0.3 is 5.73 Å². The van der Waals surface area contributed by atoms with E-state index in [1.54, 1.807) is 10.9 Å². The highest BCUT2D eigenvalue weighted by molar-refractivity contribution is 6.32. The molecule has 0 unspecified atom stereocenters. The molecule has 1 heterocycles. The smallest absolute Gasteiger partial charge is 0.0832 e. The summed E-state index contributed by atoms with van der Waals surface area (Å²) in [5, 5.41) is 4.89. The molecule has 0 fully saturated rings. The lowest BCUT2D eigenvalue weighted by molar-refractivity contribution is 0.814. The zero-order valence-corrected chi connectivity index (χ0v) is 10.1. The number of aromatic nitrogens is 2. The van der Waals surface area contributed by atoms with Gasteiger partial charge in [-0.2, -0.15) is 5.10 Å². The molecule has 1 aromatic heterocycles. The molecule has 3 nitrogen and oxygen atoms in total. The summed E-state index contributed by atoms with van der Waals surface area (Å²) in [5.74, 6) is 0. The summed E-state index contributed by atoms with van der Waals surface area (Å²) in [4.78, 5) is 0. The van der Waals surface area contributed by atoms with Crippen LogP contribution >= 0.6 is 11.6 Å². The van der Waals surface area contributed by atoms with Crippen molar-refractivity contribution in [2.24, 2.45) is 5.73 Å². The van der Waals surface area contributed by atoms with Gasteiger partial charge in [-0.3, -0.25) is 0 Å². The SMILES string of the molecule is Cc1cnn(-c2ccc([C@@H](C)N)cc2Cl)c1. The predicted octanol–water partition coefficient (Wildman–Crippen LogP) is 2.85. The average Bonchev–Trinajstić information content (AvgIpc) is 2.64. The highest BCUT2D eigenvalue weighted by Gasteiger charge is 2.07. The first-order chi connectivity index (χ1) is 7.58. The quantitative estimate of drug-likeness (QED) is 0.870. The molecule has 1 atom stereocenters. The fourth-order valence-corrected chi connectivity index (χ4v) is 1.81. The molecule has 0 saturated heterocycles. The van der Waals surface area contributed by atoms with E-state index in [2.05, 4.69) is 5.10 Å². The van der Waals surface area contributed by atoms with Crippen LogP contribution in [0.2, 0.25) is 5.02 Å². The maximum absolute atomic E-state index is 6.20. The molecule has 1 aromatic carbocycles. The first-order valence-corrected chi connectivity index (χ1v) is 5.52. The van der Waals surface area contributed by atoms with Crippen LogP contribution in [0.25, 0.3) is 5.69 Å². The Hall–Kier alpha value is -1.32. The maximum Gasteiger partial charge on any atom is 0.0832 e.